The van der Waals surface area contributed by atoms with E-state index in [0.29, 0.717) is 33.7 Å². The van der Waals surface area contributed by atoms with E-state index in [4.69, 9.17) is 4.74 Å². The minimum absolute atomic E-state index is 0.153. The van der Waals surface area contributed by atoms with Crippen molar-refractivity contribution in [3.8, 4) is 5.75 Å². The molecular weight excluding hydrogens is 486 g/mol. The summed E-state index contributed by atoms with van der Waals surface area (Å²) in [6.07, 6.45) is 0.835. The van der Waals surface area contributed by atoms with E-state index in [-0.39, 0.29) is 16.5 Å². The van der Waals surface area contributed by atoms with E-state index in [9.17, 15) is 23.5 Å². The van der Waals surface area contributed by atoms with Crippen LogP contribution in [-0.2, 0) is 9.59 Å². The first-order valence-corrected chi connectivity index (χ1v) is 12.0. The molecule has 0 spiro atoms. The monoisotopic (exact) mass is 506 g/mol. The summed E-state index contributed by atoms with van der Waals surface area (Å²) in [6, 6.07) is 14.8. The number of carbonyl (C=O) groups is 2. The minimum atomic E-state index is -1.06. The highest BCUT2D eigenvalue weighted by molar-refractivity contribution is 7.22. The van der Waals surface area contributed by atoms with Crippen molar-refractivity contribution in [3.05, 3.63) is 95.1 Å². The molecule has 1 fully saturated rings. The van der Waals surface area contributed by atoms with Crippen LogP contribution in [-0.4, -0.2) is 28.4 Å². The van der Waals surface area contributed by atoms with E-state index in [1.807, 2.05) is 6.92 Å². The summed E-state index contributed by atoms with van der Waals surface area (Å²) in [5.74, 6) is -2.52. The van der Waals surface area contributed by atoms with Crippen LogP contribution in [0.3, 0.4) is 0 Å². The summed E-state index contributed by atoms with van der Waals surface area (Å²) in [4.78, 5) is 32.1. The summed E-state index contributed by atoms with van der Waals surface area (Å²) in [6.45, 7) is 2.52. The molecule has 1 unspecified atom stereocenters. The predicted molar refractivity (Wildman–Crippen MR) is 133 cm³/mol. The van der Waals surface area contributed by atoms with Crippen molar-refractivity contribution in [1.29, 1.82) is 0 Å². The Kier molecular flexibility index (Phi) is 6.24. The van der Waals surface area contributed by atoms with Crippen molar-refractivity contribution in [2.24, 2.45) is 0 Å². The average Bonchev–Trinajstić information content (AvgIpc) is 3.40. The van der Waals surface area contributed by atoms with Crippen LogP contribution in [0.5, 0.6) is 5.75 Å². The zero-order valence-corrected chi connectivity index (χ0v) is 19.9. The molecule has 4 aromatic rings. The number of anilines is 1. The first-order chi connectivity index (χ1) is 17.4. The highest BCUT2D eigenvalue weighted by Gasteiger charge is 2.48. The van der Waals surface area contributed by atoms with Gasteiger partial charge in [0.25, 0.3) is 5.78 Å². The van der Waals surface area contributed by atoms with Crippen LogP contribution in [0.4, 0.5) is 13.9 Å². The van der Waals surface area contributed by atoms with Gasteiger partial charge in [0.2, 0.25) is 0 Å². The number of benzene rings is 3. The van der Waals surface area contributed by atoms with Crippen molar-refractivity contribution in [2.75, 3.05) is 11.5 Å². The van der Waals surface area contributed by atoms with Crippen molar-refractivity contribution >= 4 is 44.1 Å². The largest absolute Gasteiger partial charge is 0.507 e. The first-order valence-electron chi connectivity index (χ1n) is 11.2. The number of aliphatic hydroxyl groups excluding tert-OH is 1. The molecule has 0 saturated carbocycles. The van der Waals surface area contributed by atoms with Gasteiger partial charge in [-0.05, 0) is 66.6 Å². The maximum Gasteiger partial charge on any atom is 0.301 e. The fraction of sp³-hybridized carbons (Fsp3) is 0.148. The van der Waals surface area contributed by atoms with Gasteiger partial charge in [-0.3, -0.25) is 14.5 Å². The molecule has 0 aliphatic carbocycles. The number of amides is 1. The Morgan fingerprint density at radius 3 is 2.42 bits per heavy atom. The first kappa shape index (κ1) is 23.6. The smallest absolute Gasteiger partial charge is 0.301 e. The lowest BCUT2D eigenvalue weighted by Crippen LogP contribution is -2.29. The molecule has 2 heterocycles. The van der Waals surface area contributed by atoms with Crippen LogP contribution in [0, 0.1) is 11.6 Å². The number of hydrogen-bond donors (Lipinski definition) is 1. The summed E-state index contributed by atoms with van der Waals surface area (Å²) in [5, 5.41) is 11.4. The second-order valence-electron chi connectivity index (χ2n) is 8.20. The minimum Gasteiger partial charge on any atom is -0.507 e. The molecule has 0 bridgehead atoms. The number of fused-ring (bicyclic) bond motifs is 1. The van der Waals surface area contributed by atoms with Crippen LogP contribution in [0.15, 0.2) is 72.3 Å². The molecule has 1 saturated heterocycles. The quantitative estimate of drug-likeness (QED) is 0.197. The van der Waals surface area contributed by atoms with Gasteiger partial charge < -0.3 is 9.84 Å². The lowest BCUT2D eigenvalue weighted by molar-refractivity contribution is -0.132. The van der Waals surface area contributed by atoms with Gasteiger partial charge in [-0.25, -0.2) is 13.8 Å². The van der Waals surface area contributed by atoms with Crippen molar-refractivity contribution in [3.63, 3.8) is 0 Å². The Labute approximate surface area is 209 Å². The molecule has 5 rings (SSSR count). The van der Waals surface area contributed by atoms with Crippen LogP contribution < -0.4 is 9.64 Å². The van der Waals surface area contributed by atoms with E-state index >= 15 is 0 Å². The molecule has 1 amide bonds. The molecule has 6 nitrogen and oxygen atoms in total. The summed E-state index contributed by atoms with van der Waals surface area (Å²) >= 11 is 1.04. The number of halogens is 2. The van der Waals surface area contributed by atoms with E-state index in [1.165, 1.54) is 47.4 Å². The number of nitrogens with zero attached hydrogens (tertiary/aromatic N) is 2. The van der Waals surface area contributed by atoms with Crippen LogP contribution >= 0.6 is 11.3 Å². The molecule has 1 aromatic heterocycles. The van der Waals surface area contributed by atoms with Gasteiger partial charge >= 0.3 is 5.91 Å². The average molecular weight is 507 g/mol. The Morgan fingerprint density at radius 2 is 1.72 bits per heavy atom. The Bertz CT molecular complexity index is 1500. The molecular formula is C27H20F2N2O4S. The second kappa shape index (κ2) is 9.50. The Hall–Kier alpha value is -4.11. The number of ketones is 1. The SMILES string of the molecule is CCCOc1ccc(/C(O)=C2\C(=O)C(=O)N(c3nc4ccc(F)cc4s3)C2c2ccc(F)cc2)cc1. The van der Waals surface area contributed by atoms with Gasteiger partial charge in [0.05, 0.1) is 28.4 Å². The fourth-order valence-corrected chi connectivity index (χ4v) is 5.08. The summed E-state index contributed by atoms with van der Waals surface area (Å²) < 4.78 is 33.5. The molecule has 36 heavy (non-hydrogen) atoms. The number of carbonyl (C=O) groups excluding carboxylic acids is 2. The Balaban J connectivity index is 1.65. The molecule has 3 aromatic carbocycles. The lowest BCUT2D eigenvalue weighted by atomic mass is 9.95. The van der Waals surface area contributed by atoms with E-state index < -0.39 is 29.4 Å². The van der Waals surface area contributed by atoms with E-state index in [1.54, 1.807) is 24.3 Å². The maximum atomic E-state index is 13.8. The third kappa shape index (κ3) is 4.22. The van der Waals surface area contributed by atoms with Crippen LogP contribution in [0.1, 0.15) is 30.5 Å². The van der Waals surface area contributed by atoms with Crippen molar-refractivity contribution < 1.29 is 28.2 Å². The number of thiazole rings is 1. The number of hydrogen-bond acceptors (Lipinski definition) is 6. The second-order valence-corrected chi connectivity index (χ2v) is 9.21. The van der Waals surface area contributed by atoms with Crippen molar-refractivity contribution in [1.82, 2.24) is 4.98 Å². The third-order valence-corrected chi connectivity index (χ3v) is 6.79. The third-order valence-electron chi connectivity index (χ3n) is 5.78. The van der Waals surface area contributed by atoms with Crippen LogP contribution in [0.25, 0.3) is 16.0 Å². The fourth-order valence-electron chi connectivity index (χ4n) is 4.06. The van der Waals surface area contributed by atoms with Gasteiger partial charge in [-0.2, -0.15) is 0 Å². The predicted octanol–water partition coefficient (Wildman–Crippen LogP) is 5.99. The molecule has 1 atom stereocenters. The van der Waals surface area contributed by atoms with E-state index in [0.717, 1.165) is 17.8 Å². The number of rotatable bonds is 6. The lowest BCUT2D eigenvalue weighted by Gasteiger charge is -2.23. The zero-order valence-electron chi connectivity index (χ0n) is 19.1. The van der Waals surface area contributed by atoms with Gasteiger partial charge in [0, 0.05) is 5.56 Å². The molecule has 1 aliphatic heterocycles. The Morgan fingerprint density at radius 1 is 1.03 bits per heavy atom. The summed E-state index contributed by atoms with van der Waals surface area (Å²) in [5.41, 5.74) is 1.03. The van der Waals surface area contributed by atoms with Gasteiger partial charge in [0.15, 0.2) is 5.13 Å². The maximum absolute atomic E-state index is 13.8. The highest BCUT2D eigenvalue weighted by Crippen LogP contribution is 2.44. The van der Waals surface area contributed by atoms with Crippen molar-refractivity contribution in [2.45, 2.75) is 19.4 Å². The molecule has 1 N–H and O–H groups in total. The number of ether oxygens (including phenoxy) is 1. The zero-order chi connectivity index (χ0) is 25.4. The molecule has 1 aliphatic rings. The molecule has 0 radical (unpaired) electrons. The number of aromatic nitrogens is 1. The topological polar surface area (TPSA) is 79.7 Å². The number of aliphatic hydroxyl groups is 1. The normalized spacial score (nSPS) is 17.2. The van der Waals surface area contributed by atoms with Gasteiger partial charge in [-0.1, -0.05) is 30.4 Å². The van der Waals surface area contributed by atoms with Gasteiger partial charge in [-0.15, -0.1) is 0 Å². The van der Waals surface area contributed by atoms with E-state index in [2.05, 4.69) is 4.98 Å². The van der Waals surface area contributed by atoms with Crippen LogP contribution in [0.2, 0.25) is 0 Å². The molecule has 182 valence electrons. The summed E-state index contributed by atoms with van der Waals surface area (Å²) in [7, 11) is 0. The highest BCUT2D eigenvalue weighted by atomic mass is 32.1. The molecule has 9 heteroatoms. The standard InChI is InChI=1S/C27H20F2N2O4S/c1-2-13-35-19-10-5-16(6-11-19)24(32)22-23(15-3-7-17(28)8-4-15)31(26(34)25(22)33)27-30-20-12-9-18(29)14-21(20)36-27/h3-12,14,23,32H,2,13H2,1H3/b24-22+. The van der Waals surface area contributed by atoms with Gasteiger partial charge in [0.1, 0.15) is 23.1 Å². The number of Topliss-reactive ketones (excluding diaryl/α,β-unsaturated/α-hetero) is 1.